The average molecular weight is 489 g/mol. The molecule has 172 valence electrons. The quantitative estimate of drug-likeness (QED) is 0.509. The van der Waals surface area contributed by atoms with Gasteiger partial charge in [0.15, 0.2) is 18.2 Å². The first-order valence-electron chi connectivity index (χ1n) is 10.5. The third-order valence-corrected chi connectivity index (χ3v) is 6.27. The van der Waals surface area contributed by atoms with Crippen LogP contribution in [0.5, 0.6) is 5.75 Å². The van der Waals surface area contributed by atoms with Crippen molar-refractivity contribution >= 4 is 34.9 Å². The van der Waals surface area contributed by atoms with E-state index in [9.17, 15) is 9.18 Å². The molecule has 0 spiro atoms. The van der Waals surface area contributed by atoms with Crippen LogP contribution in [0.15, 0.2) is 42.5 Å². The third-order valence-electron chi connectivity index (χ3n) is 5.71. The fourth-order valence-corrected chi connectivity index (χ4v) is 4.20. The molecule has 0 radical (unpaired) electrons. The fourth-order valence-electron chi connectivity index (χ4n) is 3.63. The maximum atomic E-state index is 13.3. The van der Waals surface area contributed by atoms with Crippen molar-refractivity contribution in [3.8, 4) is 17.0 Å². The second-order valence-corrected chi connectivity index (χ2v) is 8.75. The molecule has 3 aromatic rings. The number of hydrogen-bond donors (Lipinski definition) is 0. The summed E-state index contributed by atoms with van der Waals surface area (Å²) >= 11 is 11.9. The van der Waals surface area contributed by atoms with E-state index in [-0.39, 0.29) is 28.3 Å². The van der Waals surface area contributed by atoms with Gasteiger partial charge in [0.1, 0.15) is 5.82 Å². The van der Waals surface area contributed by atoms with Crippen LogP contribution in [0.1, 0.15) is 11.1 Å². The predicted octanol–water partition coefficient (Wildman–Crippen LogP) is 4.93. The fraction of sp³-hybridized carbons (Fsp3) is 0.292. The molecule has 0 saturated carbocycles. The van der Waals surface area contributed by atoms with E-state index in [2.05, 4.69) is 41.1 Å². The number of halogens is 3. The van der Waals surface area contributed by atoms with Crippen molar-refractivity contribution in [3.05, 3.63) is 69.5 Å². The topological polar surface area (TPSA) is 58.6 Å². The van der Waals surface area contributed by atoms with Gasteiger partial charge in [0.25, 0.3) is 5.91 Å². The van der Waals surface area contributed by atoms with E-state index in [0.717, 1.165) is 29.2 Å². The molecule has 1 aromatic heterocycles. The van der Waals surface area contributed by atoms with E-state index in [1.165, 1.54) is 11.1 Å². The lowest BCUT2D eigenvalue weighted by Gasteiger charge is -2.35. The summed E-state index contributed by atoms with van der Waals surface area (Å²) in [5.74, 6) is 0.119. The lowest BCUT2D eigenvalue weighted by molar-refractivity contribution is -0.133. The number of piperazine rings is 1. The van der Waals surface area contributed by atoms with E-state index in [0.29, 0.717) is 26.2 Å². The van der Waals surface area contributed by atoms with Gasteiger partial charge in [-0.1, -0.05) is 35.3 Å². The van der Waals surface area contributed by atoms with Crippen LogP contribution >= 0.6 is 23.2 Å². The van der Waals surface area contributed by atoms with Crippen LogP contribution in [0.4, 0.5) is 10.2 Å². The number of rotatable bonds is 5. The van der Waals surface area contributed by atoms with Gasteiger partial charge in [-0.2, -0.15) is 0 Å². The molecule has 0 aliphatic carbocycles. The Morgan fingerprint density at radius 1 is 0.970 bits per heavy atom. The van der Waals surface area contributed by atoms with Gasteiger partial charge in [-0.25, -0.2) is 4.39 Å². The molecule has 9 heteroatoms. The second kappa shape index (κ2) is 9.93. The molecule has 1 fully saturated rings. The number of amides is 1. The molecule has 33 heavy (non-hydrogen) atoms. The summed E-state index contributed by atoms with van der Waals surface area (Å²) in [6, 6.07) is 12.3. The number of carbonyl (C=O) groups is 1. The number of benzene rings is 2. The van der Waals surface area contributed by atoms with Crippen molar-refractivity contribution in [2.45, 2.75) is 13.8 Å². The summed E-state index contributed by atoms with van der Waals surface area (Å²) < 4.78 is 18.8. The van der Waals surface area contributed by atoms with Crippen LogP contribution in [-0.2, 0) is 4.79 Å². The smallest absolute Gasteiger partial charge is 0.260 e. The first kappa shape index (κ1) is 23.3. The second-order valence-electron chi connectivity index (χ2n) is 7.93. The Hall–Kier alpha value is -2.90. The van der Waals surface area contributed by atoms with E-state index >= 15 is 0 Å². The predicted molar refractivity (Wildman–Crippen MR) is 128 cm³/mol. The lowest BCUT2D eigenvalue weighted by atomic mass is 10.0. The minimum atomic E-state index is -0.565. The minimum Gasteiger partial charge on any atom is -0.481 e. The molecule has 6 nitrogen and oxygen atoms in total. The summed E-state index contributed by atoms with van der Waals surface area (Å²) in [5, 5.41) is 8.84. The van der Waals surface area contributed by atoms with Crippen molar-refractivity contribution < 1.29 is 13.9 Å². The van der Waals surface area contributed by atoms with Crippen molar-refractivity contribution in [2.75, 3.05) is 37.7 Å². The Morgan fingerprint density at radius 2 is 1.67 bits per heavy atom. The van der Waals surface area contributed by atoms with Crippen molar-refractivity contribution in [1.82, 2.24) is 15.1 Å². The van der Waals surface area contributed by atoms with Gasteiger partial charge in [-0.15, -0.1) is 10.2 Å². The number of anilines is 1. The van der Waals surface area contributed by atoms with Gasteiger partial charge in [0.2, 0.25) is 0 Å². The SMILES string of the molecule is Cc1ccc(-c2ccc(N3CCN(C(=O)COc4c(Cl)cc(F)cc4Cl)CC3)nn2)cc1C. The van der Waals surface area contributed by atoms with Gasteiger partial charge in [-0.05, 0) is 55.3 Å². The highest BCUT2D eigenvalue weighted by molar-refractivity contribution is 6.37. The molecule has 1 amide bonds. The molecule has 0 N–H and O–H groups in total. The number of hydrogen-bond acceptors (Lipinski definition) is 5. The van der Waals surface area contributed by atoms with Gasteiger partial charge < -0.3 is 14.5 Å². The minimum absolute atomic E-state index is 0.0282. The van der Waals surface area contributed by atoms with Crippen LogP contribution in [0, 0.1) is 19.7 Å². The van der Waals surface area contributed by atoms with Crippen LogP contribution < -0.4 is 9.64 Å². The Bertz CT molecular complexity index is 1140. The molecule has 1 aliphatic rings. The van der Waals surface area contributed by atoms with E-state index < -0.39 is 5.82 Å². The maximum absolute atomic E-state index is 13.3. The van der Waals surface area contributed by atoms with Crippen molar-refractivity contribution in [3.63, 3.8) is 0 Å². The normalized spacial score (nSPS) is 13.8. The van der Waals surface area contributed by atoms with Crippen molar-refractivity contribution in [2.24, 2.45) is 0 Å². The van der Waals surface area contributed by atoms with Crippen LogP contribution in [0.2, 0.25) is 10.0 Å². The van der Waals surface area contributed by atoms with Gasteiger partial charge >= 0.3 is 0 Å². The Balaban J connectivity index is 1.32. The van der Waals surface area contributed by atoms with Crippen LogP contribution in [0.25, 0.3) is 11.3 Å². The first-order chi connectivity index (χ1) is 15.8. The third kappa shape index (κ3) is 5.37. The Kier molecular flexibility index (Phi) is 7.00. The summed E-state index contributed by atoms with van der Waals surface area (Å²) in [6.45, 7) is 6.23. The highest BCUT2D eigenvalue weighted by Crippen LogP contribution is 2.33. The monoisotopic (exact) mass is 488 g/mol. The highest BCUT2D eigenvalue weighted by Gasteiger charge is 2.23. The summed E-state index contributed by atoms with van der Waals surface area (Å²) in [4.78, 5) is 16.4. The van der Waals surface area contributed by atoms with E-state index in [1.807, 2.05) is 18.2 Å². The average Bonchev–Trinajstić information content (AvgIpc) is 2.80. The molecular formula is C24H23Cl2FN4O2. The van der Waals surface area contributed by atoms with Crippen LogP contribution in [-0.4, -0.2) is 53.8 Å². The largest absolute Gasteiger partial charge is 0.481 e. The number of carbonyl (C=O) groups excluding carboxylic acids is 1. The van der Waals surface area contributed by atoms with E-state index in [1.54, 1.807) is 4.90 Å². The lowest BCUT2D eigenvalue weighted by Crippen LogP contribution is -2.50. The zero-order chi connectivity index (χ0) is 23.5. The van der Waals surface area contributed by atoms with Gasteiger partial charge in [-0.3, -0.25) is 4.79 Å². The van der Waals surface area contributed by atoms with Gasteiger partial charge in [0, 0.05) is 31.7 Å². The Morgan fingerprint density at radius 3 is 2.27 bits per heavy atom. The zero-order valence-corrected chi connectivity index (χ0v) is 19.8. The number of aryl methyl sites for hydroxylation is 2. The molecule has 1 aliphatic heterocycles. The molecule has 0 atom stereocenters. The standard InChI is InChI=1S/C24H23Cl2FN4O2/c1-15-3-4-17(11-16(15)2)21-5-6-22(29-28-21)30-7-9-31(10-8-30)23(32)14-33-24-19(25)12-18(27)13-20(24)26/h3-6,11-13H,7-10,14H2,1-2H3. The number of nitrogens with zero attached hydrogens (tertiary/aromatic N) is 4. The summed E-state index contributed by atoms with van der Waals surface area (Å²) in [6.07, 6.45) is 0. The highest BCUT2D eigenvalue weighted by atomic mass is 35.5. The molecule has 4 rings (SSSR count). The Labute approximate surface area is 201 Å². The first-order valence-corrected chi connectivity index (χ1v) is 11.3. The van der Waals surface area contributed by atoms with Gasteiger partial charge in [0.05, 0.1) is 15.7 Å². The maximum Gasteiger partial charge on any atom is 0.260 e. The summed E-state index contributed by atoms with van der Waals surface area (Å²) in [7, 11) is 0. The summed E-state index contributed by atoms with van der Waals surface area (Å²) in [5.41, 5.74) is 4.32. The molecule has 0 bridgehead atoms. The molecular weight excluding hydrogens is 466 g/mol. The molecule has 0 unspecified atom stereocenters. The van der Waals surface area contributed by atoms with Crippen LogP contribution in [0.3, 0.4) is 0 Å². The molecule has 2 heterocycles. The number of ether oxygens (including phenoxy) is 1. The number of aromatic nitrogens is 2. The molecule has 1 saturated heterocycles. The van der Waals surface area contributed by atoms with E-state index in [4.69, 9.17) is 27.9 Å². The van der Waals surface area contributed by atoms with Crippen molar-refractivity contribution in [1.29, 1.82) is 0 Å². The molecule has 2 aromatic carbocycles. The zero-order valence-electron chi connectivity index (χ0n) is 18.3.